The number of benzene rings is 1. The topological polar surface area (TPSA) is 108 Å². The van der Waals surface area contributed by atoms with E-state index in [1.54, 1.807) is 27.6 Å². The minimum atomic E-state index is -1.01. The zero-order valence-corrected chi connectivity index (χ0v) is 17.1. The Balaban J connectivity index is 1.49. The van der Waals surface area contributed by atoms with E-state index in [1.165, 1.54) is 19.1 Å². The van der Waals surface area contributed by atoms with E-state index in [2.05, 4.69) is 15.4 Å². The largest absolute Gasteiger partial charge is 0.449 e. The van der Waals surface area contributed by atoms with E-state index in [0.29, 0.717) is 23.3 Å². The molecule has 0 aliphatic carbocycles. The summed E-state index contributed by atoms with van der Waals surface area (Å²) >= 11 is 0. The number of esters is 1. The van der Waals surface area contributed by atoms with Crippen LogP contribution in [-0.4, -0.2) is 37.3 Å². The van der Waals surface area contributed by atoms with Gasteiger partial charge in [0.15, 0.2) is 6.10 Å². The Morgan fingerprint density at radius 1 is 1.20 bits per heavy atom. The van der Waals surface area contributed by atoms with E-state index in [4.69, 9.17) is 4.74 Å². The maximum Gasteiger partial charge on any atom is 0.338 e. The van der Waals surface area contributed by atoms with Crippen LogP contribution < -0.4 is 10.9 Å². The Hall–Kier alpha value is -3.49. The van der Waals surface area contributed by atoms with Crippen LogP contribution in [0.5, 0.6) is 0 Å². The lowest BCUT2D eigenvalue weighted by atomic mass is 10.1. The number of nitrogens with zero attached hydrogens (tertiary/aromatic N) is 4. The molecule has 0 radical (unpaired) electrons. The SMILES string of the molecule is CC(C)n1nccc1NC(=O)[C@H](C)OC(=O)c1ccc2c(=O)n3c(nc2c1)CCC3. The van der Waals surface area contributed by atoms with Gasteiger partial charge in [-0.3, -0.25) is 14.2 Å². The van der Waals surface area contributed by atoms with Crippen LogP contribution in [0, 0.1) is 0 Å². The van der Waals surface area contributed by atoms with Gasteiger partial charge < -0.3 is 10.1 Å². The molecule has 0 spiro atoms. The van der Waals surface area contributed by atoms with Crippen LogP contribution in [0.1, 0.15) is 49.4 Å². The third-order valence-electron chi connectivity index (χ3n) is 5.12. The molecule has 1 N–H and O–H groups in total. The van der Waals surface area contributed by atoms with E-state index in [9.17, 15) is 14.4 Å². The highest BCUT2D eigenvalue weighted by molar-refractivity contribution is 5.98. The molecular weight excluding hydrogens is 386 g/mol. The zero-order valence-electron chi connectivity index (χ0n) is 17.1. The summed E-state index contributed by atoms with van der Waals surface area (Å²) in [4.78, 5) is 42.1. The predicted molar refractivity (Wildman–Crippen MR) is 110 cm³/mol. The summed E-state index contributed by atoms with van der Waals surface area (Å²) in [6.07, 6.45) is 2.20. The molecule has 30 heavy (non-hydrogen) atoms. The van der Waals surface area contributed by atoms with Crippen LogP contribution in [0.15, 0.2) is 35.3 Å². The smallest absolute Gasteiger partial charge is 0.338 e. The fourth-order valence-electron chi connectivity index (χ4n) is 3.55. The fourth-order valence-corrected chi connectivity index (χ4v) is 3.55. The molecule has 0 fully saturated rings. The molecule has 2 aromatic heterocycles. The van der Waals surface area contributed by atoms with Crippen LogP contribution in [0.4, 0.5) is 5.82 Å². The normalized spacial score (nSPS) is 14.0. The van der Waals surface area contributed by atoms with Crippen molar-refractivity contribution in [3.05, 3.63) is 52.2 Å². The van der Waals surface area contributed by atoms with Gasteiger partial charge in [-0.25, -0.2) is 14.5 Å². The van der Waals surface area contributed by atoms with Gasteiger partial charge in [0.25, 0.3) is 11.5 Å². The van der Waals surface area contributed by atoms with E-state index in [1.807, 2.05) is 13.8 Å². The third-order valence-corrected chi connectivity index (χ3v) is 5.12. The van der Waals surface area contributed by atoms with Gasteiger partial charge in [0, 0.05) is 25.1 Å². The lowest BCUT2D eigenvalue weighted by molar-refractivity contribution is -0.123. The summed E-state index contributed by atoms with van der Waals surface area (Å²) < 4.78 is 8.67. The number of amides is 1. The molecule has 1 amide bonds. The van der Waals surface area contributed by atoms with Gasteiger partial charge >= 0.3 is 5.97 Å². The van der Waals surface area contributed by atoms with E-state index >= 15 is 0 Å². The predicted octanol–water partition coefficient (Wildman–Crippen LogP) is 2.30. The van der Waals surface area contributed by atoms with Crippen molar-refractivity contribution in [3.8, 4) is 0 Å². The summed E-state index contributed by atoms with van der Waals surface area (Å²) in [7, 11) is 0. The first-order valence-corrected chi connectivity index (χ1v) is 9.94. The van der Waals surface area contributed by atoms with Gasteiger partial charge in [-0.1, -0.05) is 0 Å². The number of hydrogen-bond acceptors (Lipinski definition) is 6. The van der Waals surface area contributed by atoms with Crippen molar-refractivity contribution < 1.29 is 14.3 Å². The van der Waals surface area contributed by atoms with E-state index < -0.39 is 18.0 Å². The quantitative estimate of drug-likeness (QED) is 0.648. The number of hydrogen-bond donors (Lipinski definition) is 1. The van der Waals surface area contributed by atoms with Crippen molar-refractivity contribution in [1.29, 1.82) is 0 Å². The Kier molecular flexibility index (Phi) is 5.11. The Bertz CT molecular complexity index is 1190. The Morgan fingerprint density at radius 3 is 2.77 bits per heavy atom. The summed E-state index contributed by atoms with van der Waals surface area (Å²) in [5, 5.41) is 7.34. The second-order valence-electron chi connectivity index (χ2n) is 7.61. The van der Waals surface area contributed by atoms with Gasteiger partial charge in [0.1, 0.15) is 11.6 Å². The van der Waals surface area contributed by atoms with Crippen molar-refractivity contribution in [2.45, 2.75) is 52.3 Å². The number of carbonyl (C=O) groups is 2. The number of rotatable bonds is 5. The standard InChI is InChI=1S/C21H23N5O4/c1-12(2)26-18(8-9-22-26)24-19(27)13(3)30-21(29)14-6-7-15-16(11-14)23-17-5-4-10-25(17)20(15)28/h6-9,11-13H,4-5,10H2,1-3H3,(H,24,27)/t13-/m0/s1. The molecule has 0 bridgehead atoms. The van der Waals surface area contributed by atoms with Crippen molar-refractivity contribution in [2.24, 2.45) is 0 Å². The molecule has 0 saturated carbocycles. The molecule has 1 aliphatic rings. The molecule has 1 aliphatic heterocycles. The van der Waals surface area contributed by atoms with Crippen LogP contribution in [0.25, 0.3) is 10.9 Å². The van der Waals surface area contributed by atoms with E-state index in [-0.39, 0.29) is 17.2 Å². The van der Waals surface area contributed by atoms with Crippen molar-refractivity contribution in [3.63, 3.8) is 0 Å². The summed E-state index contributed by atoms with van der Waals surface area (Å²) in [5.74, 6) is 0.148. The number of aromatic nitrogens is 4. The average molecular weight is 409 g/mol. The molecule has 156 valence electrons. The molecule has 3 aromatic rings. The van der Waals surface area contributed by atoms with Crippen molar-refractivity contribution >= 4 is 28.6 Å². The molecule has 1 atom stereocenters. The van der Waals surface area contributed by atoms with Gasteiger partial charge in [0.2, 0.25) is 0 Å². The summed E-state index contributed by atoms with van der Waals surface area (Å²) in [6, 6.07) is 6.39. The first-order chi connectivity index (χ1) is 14.3. The fraction of sp³-hybridized carbons (Fsp3) is 0.381. The van der Waals surface area contributed by atoms with Crippen LogP contribution in [0.3, 0.4) is 0 Å². The average Bonchev–Trinajstić information content (AvgIpc) is 3.37. The Labute approximate surface area is 172 Å². The summed E-state index contributed by atoms with van der Waals surface area (Å²) in [5.41, 5.74) is 0.603. The molecule has 4 rings (SSSR count). The lowest BCUT2D eigenvalue weighted by Gasteiger charge is -2.16. The highest BCUT2D eigenvalue weighted by Gasteiger charge is 2.22. The van der Waals surface area contributed by atoms with Crippen molar-refractivity contribution in [2.75, 3.05) is 5.32 Å². The number of anilines is 1. The second-order valence-corrected chi connectivity index (χ2v) is 7.61. The maximum absolute atomic E-state index is 12.6. The molecule has 9 heteroatoms. The first-order valence-electron chi connectivity index (χ1n) is 9.94. The number of nitrogens with one attached hydrogen (secondary N) is 1. The van der Waals surface area contributed by atoms with Crippen molar-refractivity contribution in [1.82, 2.24) is 19.3 Å². The minimum Gasteiger partial charge on any atom is -0.449 e. The Morgan fingerprint density at radius 2 is 2.00 bits per heavy atom. The molecule has 1 aromatic carbocycles. The lowest BCUT2D eigenvalue weighted by Crippen LogP contribution is -2.31. The molecule has 3 heterocycles. The summed E-state index contributed by atoms with van der Waals surface area (Å²) in [6.45, 7) is 6.06. The number of aryl methyl sites for hydroxylation is 1. The maximum atomic E-state index is 12.6. The highest BCUT2D eigenvalue weighted by atomic mass is 16.5. The molecule has 0 unspecified atom stereocenters. The second kappa shape index (κ2) is 7.74. The number of carbonyl (C=O) groups excluding carboxylic acids is 2. The molecule has 0 saturated heterocycles. The number of ether oxygens (including phenoxy) is 1. The van der Waals surface area contributed by atoms with Crippen LogP contribution >= 0.6 is 0 Å². The van der Waals surface area contributed by atoms with Gasteiger partial charge in [-0.2, -0.15) is 5.10 Å². The monoisotopic (exact) mass is 409 g/mol. The van der Waals surface area contributed by atoms with Crippen LogP contribution in [-0.2, 0) is 22.5 Å². The third kappa shape index (κ3) is 3.58. The number of fused-ring (bicyclic) bond motifs is 2. The first kappa shape index (κ1) is 19.8. The van der Waals surface area contributed by atoms with Gasteiger partial charge in [-0.15, -0.1) is 0 Å². The van der Waals surface area contributed by atoms with E-state index in [0.717, 1.165) is 18.7 Å². The highest BCUT2D eigenvalue weighted by Crippen LogP contribution is 2.18. The molecular formula is C21H23N5O4. The van der Waals surface area contributed by atoms with Gasteiger partial charge in [0.05, 0.1) is 22.7 Å². The molecule has 9 nitrogen and oxygen atoms in total. The van der Waals surface area contributed by atoms with Crippen LogP contribution in [0.2, 0.25) is 0 Å². The van der Waals surface area contributed by atoms with Gasteiger partial charge in [-0.05, 0) is 45.4 Å². The minimum absolute atomic E-state index is 0.0729. The zero-order chi connectivity index (χ0) is 21.4.